The van der Waals surface area contributed by atoms with Gasteiger partial charge >= 0.3 is 0 Å². The predicted octanol–water partition coefficient (Wildman–Crippen LogP) is -0.156. The summed E-state index contributed by atoms with van der Waals surface area (Å²) in [4.78, 5) is 0. The molecule has 0 unspecified atom stereocenters. The maximum absolute atomic E-state index is 7.02. The van der Waals surface area contributed by atoms with E-state index in [0.717, 1.165) is 13.1 Å². The summed E-state index contributed by atoms with van der Waals surface area (Å²) in [7, 11) is 0. The van der Waals surface area contributed by atoms with Crippen LogP contribution in [-0.4, -0.2) is 19.0 Å². The zero-order chi connectivity index (χ0) is 8.97. The molecule has 0 aromatic carbocycles. The quantitative estimate of drug-likeness (QED) is 0.351. The molecular formula is C8H18N4. The molecule has 1 saturated carbocycles. The first kappa shape index (κ1) is 9.32. The lowest BCUT2D eigenvalue weighted by molar-refractivity contribution is 0.393. The van der Waals surface area contributed by atoms with Crippen LogP contribution >= 0.6 is 0 Å². The van der Waals surface area contributed by atoms with E-state index in [2.05, 4.69) is 5.32 Å². The third-order valence-corrected chi connectivity index (χ3v) is 2.67. The van der Waals surface area contributed by atoms with Crippen LogP contribution in [0.25, 0.3) is 0 Å². The van der Waals surface area contributed by atoms with Crippen molar-refractivity contribution in [2.24, 2.45) is 23.3 Å². The van der Waals surface area contributed by atoms with E-state index in [1.54, 1.807) is 0 Å². The molecule has 0 amide bonds. The normalized spacial score (nSPS) is 28.8. The summed E-state index contributed by atoms with van der Waals surface area (Å²) in [6.07, 6.45) is 3.73. The third-order valence-electron chi connectivity index (χ3n) is 2.67. The molecule has 0 heterocycles. The van der Waals surface area contributed by atoms with Crippen molar-refractivity contribution >= 4 is 5.96 Å². The van der Waals surface area contributed by atoms with Crippen LogP contribution in [-0.2, 0) is 0 Å². The van der Waals surface area contributed by atoms with Crippen LogP contribution in [0.4, 0.5) is 0 Å². The largest absolute Gasteiger partial charge is 0.370 e. The second kappa shape index (κ2) is 4.30. The van der Waals surface area contributed by atoms with Crippen LogP contribution in [0.5, 0.6) is 0 Å². The van der Waals surface area contributed by atoms with Crippen LogP contribution in [0, 0.1) is 17.2 Å². The van der Waals surface area contributed by atoms with Crippen molar-refractivity contribution in [3.05, 3.63) is 0 Å². The van der Waals surface area contributed by atoms with Gasteiger partial charge in [0.05, 0.1) is 0 Å². The molecule has 12 heavy (non-hydrogen) atoms. The molecule has 1 aliphatic rings. The van der Waals surface area contributed by atoms with Gasteiger partial charge in [-0.2, -0.15) is 0 Å². The van der Waals surface area contributed by atoms with E-state index < -0.39 is 0 Å². The van der Waals surface area contributed by atoms with Gasteiger partial charge in [0.1, 0.15) is 0 Å². The lowest BCUT2D eigenvalue weighted by atomic mass is 9.96. The SMILES string of the molecule is N=C(N)NC[C@@H]1CCC[C@H]1CN. The summed E-state index contributed by atoms with van der Waals surface area (Å²) >= 11 is 0. The number of rotatable bonds is 3. The van der Waals surface area contributed by atoms with Crippen LogP contribution in [0.1, 0.15) is 19.3 Å². The molecule has 4 nitrogen and oxygen atoms in total. The highest BCUT2D eigenvalue weighted by molar-refractivity contribution is 5.74. The van der Waals surface area contributed by atoms with E-state index in [9.17, 15) is 0 Å². The van der Waals surface area contributed by atoms with Gasteiger partial charge in [0.25, 0.3) is 0 Å². The first-order valence-electron chi connectivity index (χ1n) is 4.52. The molecule has 0 radical (unpaired) electrons. The molecule has 0 aromatic rings. The Kier molecular flexibility index (Phi) is 3.34. The minimum absolute atomic E-state index is 0.0673. The van der Waals surface area contributed by atoms with Gasteiger partial charge in [-0.1, -0.05) is 6.42 Å². The van der Waals surface area contributed by atoms with Crippen molar-refractivity contribution in [1.29, 1.82) is 5.41 Å². The molecule has 1 rings (SSSR count). The fourth-order valence-electron chi connectivity index (χ4n) is 1.93. The summed E-state index contributed by atoms with van der Waals surface area (Å²) in [6.45, 7) is 1.58. The fourth-order valence-corrected chi connectivity index (χ4v) is 1.93. The second-order valence-electron chi connectivity index (χ2n) is 3.48. The van der Waals surface area contributed by atoms with Gasteiger partial charge in [-0.3, -0.25) is 5.41 Å². The summed E-state index contributed by atoms with van der Waals surface area (Å²) < 4.78 is 0. The molecule has 70 valence electrons. The van der Waals surface area contributed by atoms with Crippen LogP contribution in [0.3, 0.4) is 0 Å². The number of guanidine groups is 1. The van der Waals surface area contributed by atoms with E-state index >= 15 is 0 Å². The zero-order valence-corrected chi connectivity index (χ0v) is 7.34. The Labute approximate surface area is 73.2 Å². The van der Waals surface area contributed by atoms with Gasteiger partial charge < -0.3 is 16.8 Å². The molecule has 6 N–H and O–H groups in total. The highest BCUT2D eigenvalue weighted by Gasteiger charge is 2.25. The Morgan fingerprint density at radius 2 is 2.08 bits per heavy atom. The van der Waals surface area contributed by atoms with Gasteiger partial charge in [-0.15, -0.1) is 0 Å². The summed E-state index contributed by atoms with van der Waals surface area (Å²) in [5.74, 6) is 1.33. The molecule has 0 aromatic heterocycles. The molecule has 4 heteroatoms. The first-order valence-corrected chi connectivity index (χ1v) is 4.52. The smallest absolute Gasteiger partial charge is 0.185 e. The van der Waals surface area contributed by atoms with Crippen LogP contribution < -0.4 is 16.8 Å². The average Bonchev–Trinajstić information content (AvgIpc) is 2.47. The van der Waals surface area contributed by atoms with Crippen LogP contribution in [0.2, 0.25) is 0 Å². The predicted molar refractivity (Wildman–Crippen MR) is 49.8 cm³/mol. The zero-order valence-electron chi connectivity index (χ0n) is 7.34. The third kappa shape index (κ3) is 2.37. The van der Waals surface area contributed by atoms with E-state index in [0.29, 0.717) is 11.8 Å². The van der Waals surface area contributed by atoms with Crippen LogP contribution in [0.15, 0.2) is 0 Å². The van der Waals surface area contributed by atoms with E-state index in [4.69, 9.17) is 16.9 Å². The molecule has 0 bridgehead atoms. The van der Waals surface area contributed by atoms with E-state index in [-0.39, 0.29) is 5.96 Å². The second-order valence-corrected chi connectivity index (χ2v) is 3.48. The topological polar surface area (TPSA) is 87.9 Å². The van der Waals surface area contributed by atoms with E-state index in [1.807, 2.05) is 0 Å². The number of nitrogens with one attached hydrogen (secondary N) is 2. The Balaban J connectivity index is 2.26. The van der Waals surface area contributed by atoms with Crippen molar-refractivity contribution in [3.8, 4) is 0 Å². The molecular weight excluding hydrogens is 152 g/mol. The minimum Gasteiger partial charge on any atom is -0.370 e. The van der Waals surface area contributed by atoms with Crippen molar-refractivity contribution in [2.75, 3.05) is 13.1 Å². The maximum Gasteiger partial charge on any atom is 0.185 e. The molecule has 0 saturated heterocycles. The Morgan fingerprint density at radius 1 is 1.42 bits per heavy atom. The average molecular weight is 170 g/mol. The highest BCUT2D eigenvalue weighted by Crippen LogP contribution is 2.29. The van der Waals surface area contributed by atoms with Crippen molar-refractivity contribution in [2.45, 2.75) is 19.3 Å². The number of hydrogen-bond acceptors (Lipinski definition) is 2. The first-order chi connectivity index (χ1) is 5.74. The number of hydrogen-bond donors (Lipinski definition) is 4. The van der Waals surface area contributed by atoms with E-state index in [1.165, 1.54) is 19.3 Å². The molecule has 1 fully saturated rings. The summed E-state index contributed by atoms with van der Waals surface area (Å²) in [6, 6.07) is 0. The molecule has 0 spiro atoms. The lowest BCUT2D eigenvalue weighted by Crippen LogP contribution is -2.36. The maximum atomic E-state index is 7.02. The summed E-state index contributed by atoms with van der Waals surface area (Å²) in [5, 5.41) is 9.87. The number of nitrogens with two attached hydrogens (primary N) is 2. The monoisotopic (exact) mass is 170 g/mol. The standard InChI is InChI=1S/C8H18N4/c9-4-6-2-1-3-7(6)5-12-8(10)11/h6-7H,1-5,9H2,(H4,10,11,12)/t6-,7-/m0/s1. The fraction of sp³-hybridized carbons (Fsp3) is 0.875. The minimum atomic E-state index is 0.0673. The molecule has 2 atom stereocenters. The van der Waals surface area contributed by atoms with Gasteiger partial charge in [0, 0.05) is 6.54 Å². The van der Waals surface area contributed by atoms with Gasteiger partial charge in [-0.05, 0) is 31.2 Å². The molecule has 1 aliphatic carbocycles. The summed E-state index contributed by atoms with van der Waals surface area (Å²) in [5.41, 5.74) is 10.8. The van der Waals surface area contributed by atoms with Crippen molar-refractivity contribution < 1.29 is 0 Å². The van der Waals surface area contributed by atoms with Gasteiger partial charge in [0.2, 0.25) is 0 Å². The highest BCUT2D eigenvalue weighted by atomic mass is 15.0. The van der Waals surface area contributed by atoms with Gasteiger partial charge in [-0.25, -0.2) is 0 Å². The molecule has 0 aliphatic heterocycles. The Hall–Kier alpha value is -0.770. The Morgan fingerprint density at radius 3 is 2.67 bits per heavy atom. The van der Waals surface area contributed by atoms with Gasteiger partial charge in [0.15, 0.2) is 5.96 Å². The lowest BCUT2D eigenvalue weighted by Gasteiger charge is -2.17. The van der Waals surface area contributed by atoms with Crippen molar-refractivity contribution in [1.82, 2.24) is 5.32 Å². The van der Waals surface area contributed by atoms with Crippen molar-refractivity contribution in [3.63, 3.8) is 0 Å². The Bertz CT molecular complexity index is 157.